The van der Waals surface area contributed by atoms with Gasteiger partial charge in [-0.15, -0.1) is 0 Å². The number of hydrogen-bond acceptors (Lipinski definition) is 7. The molecule has 1 saturated heterocycles. The van der Waals surface area contributed by atoms with E-state index in [-0.39, 0.29) is 24.1 Å². The van der Waals surface area contributed by atoms with E-state index in [0.717, 1.165) is 74.5 Å². The Morgan fingerprint density at radius 1 is 0.786 bits per heavy atom. The van der Waals surface area contributed by atoms with Gasteiger partial charge >= 0.3 is 5.97 Å². The molecule has 3 N–H and O–H groups in total. The highest BCUT2D eigenvalue weighted by Crippen LogP contribution is 2.67. The molecule has 1 aliphatic heterocycles. The molecule has 0 amide bonds. The van der Waals surface area contributed by atoms with Crippen LogP contribution in [0.4, 0.5) is 0 Å². The van der Waals surface area contributed by atoms with Gasteiger partial charge < -0.3 is 29.5 Å². The maximum atomic E-state index is 12.6. The van der Waals surface area contributed by atoms with Crippen molar-refractivity contribution in [1.29, 1.82) is 0 Å². The Labute approximate surface area is 342 Å². The molecule has 56 heavy (non-hydrogen) atoms. The molecule has 7 nitrogen and oxygen atoms in total. The summed E-state index contributed by atoms with van der Waals surface area (Å²) in [5, 5.41) is 32.4. The van der Waals surface area contributed by atoms with E-state index in [1.807, 2.05) is 0 Å². The number of aliphatic hydroxyl groups excluding tert-OH is 3. The van der Waals surface area contributed by atoms with E-state index in [2.05, 4.69) is 47.6 Å². The molecule has 5 unspecified atom stereocenters. The summed E-state index contributed by atoms with van der Waals surface area (Å²) in [7, 11) is 0. The zero-order chi connectivity index (χ0) is 40.3. The Morgan fingerprint density at radius 2 is 1.45 bits per heavy atom. The summed E-state index contributed by atoms with van der Waals surface area (Å²) in [5.74, 6) is 4.45. The second-order valence-electron chi connectivity index (χ2n) is 20.5. The van der Waals surface area contributed by atoms with Crippen molar-refractivity contribution in [2.45, 2.75) is 239 Å². The number of allylic oxidation sites excluding steroid dienone is 1. The van der Waals surface area contributed by atoms with Crippen LogP contribution in [0, 0.1) is 46.3 Å². The van der Waals surface area contributed by atoms with Crippen LogP contribution < -0.4 is 0 Å². The van der Waals surface area contributed by atoms with Gasteiger partial charge in [-0.2, -0.15) is 0 Å². The van der Waals surface area contributed by atoms with Crippen LogP contribution in [-0.4, -0.2) is 64.7 Å². The molecule has 0 bridgehead atoms. The molecule has 4 fully saturated rings. The number of hydrogen-bond donors (Lipinski definition) is 3. The third-order valence-electron chi connectivity index (χ3n) is 16.1. The van der Waals surface area contributed by atoms with Crippen molar-refractivity contribution in [2.24, 2.45) is 46.3 Å². The van der Waals surface area contributed by atoms with Gasteiger partial charge in [-0.05, 0) is 104 Å². The van der Waals surface area contributed by atoms with Crippen LogP contribution in [0.15, 0.2) is 11.6 Å². The molecule has 5 aliphatic rings. The van der Waals surface area contributed by atoms with Crippen LogP contribution in [0.25, 0.3) is 0 Å². The van der Waals surface area contributed by atoms with Crippen LogP contribution in [0.3, 0.4) is 0 Å². The summed E-state index contributed by atoms with van der Waals surface area (Å²) < 4.78 is 18.0. The number of rotatable bonds is 23. The first-order valence-electron chi connectivity index (χ1n) is 24.1. The quantitative estimate of drug-likeness (QED) is 0.0538. The third kappa shape index (κ3) is 11.6. The number of aliphatic hydroxyl groups is 3. The fourth-order valence-corrected chi connectivity index (χ4v) is 12.7. The normalized spacial score (nSPS) is 37.4. The van der Waals surface area contributed by atoms with Gasteiger partial charge in [0.1, 0.15) is 31.0 Å². The first kappa shape index (κ1) is 46.1. The van der Waals surface area contributed by atoms with E-state index in [0.29, 0.717) is 17.8 Å². The maximum absolute atomic E-state index is 12.6. The number of esters is 1. The number of fused-ring (bicyclic) bond motifs is 5. The first-order valence-corrected chi connectivity index (χ1v) is 24.1. The topological polar surface area (TPSA) is 105 Å². The standard InChI is InChI=1S/C49H86O7/c1-7-8-9-10-11-12-13-14-15-16-17-18-19-23-43(50)54-33-42-44(51)45(52)46(53)47(56-42)55-37-28-30-48(5)36(32-37)24-25-38-40-27-26-39(35(4)22-20-21-34(2)3)49(40,6)31-29-41(38)48/h24,34-35,37-42,44-47,51-53H,7-23,25-33H2,1-6H3/t35-,37?,38?,39?,40?,41?,42-,44+,45+,46-,47-,48+,49-/m1/s1. The van der Waals surface area contributed by atoms with Crippen LogP contribution in [0.1, 0.15) is 202 Å². The van der Waals surface area contributed by atoms with E-state index in [4.69, 9.17) is 14.2 Å². The molecule has 324 valence electrons. The van der Waals surface area contributed by atoms with Crippen molar-refractivity contribution in [3.8, 4) is 0 Å². The van der Waals surface area contributed by atoms with Crippen LogP contribution >= 0.6 is 0 Å². The molecule has 13 atom stereocenters. The average Bonchev–Trinajstić information content (AvgIpc) is 3.53. The van der Waals surface area contributed by atoms with E-state index in [1.54, 1.807) is 0 Å². The van der Waals surface area contributed by atoms with Crippen LogP contribution in [-0.2, 0) is 19.0 Å². The summed E-state index contributed by atoms with van der Waals surface area (Å²) in [5.41, 5.74) is 2.15. The predicted octanol–water partition coefficient (Wildman–Crippen LogP) is 11.2. The molecular weight excluding hydrogens is 701 g/mol. The maximum Gasteiger partial charge on any atom is 0.305 e. The molecule has 0 spiro atoms. The molecular formula is C49H86O7. The molecule has 0 aromatic carbocycles. The summed E-state index contributed by atoms with van der Waals surface area (Å²) in [6, 6.07) is 0. The highest BCUT2D eigenvalue weighted by molar-refractivity contribution is 5.69. The predicted molar refractivity (Wildman–Crippen MR) is 226 cm³/mol. The lowest BCUT2D eigenvalue weighted by Crippen LogP contribution is -2.60. The minimum atomic E-state index is -1.44. The zero-order valence-corrected chi connectivity index (χ0v) is 36.9. The van der Waals surface area contributed by atoms with Gasteiger partial charge in [-0.1, -0.05) is 150 Å². The Bertz CT molecular complexity index is 1200. The molecule has 3 saturated carbocycles. The van der Waals surface area contributed by atoms with Gasteiger partial charge in [0.25, 0.3) is 0 Å². The largest absolute Gasteiger partial charge is 0.463 e. The molecule has 7 heteroatoms. The fourth-order valence-electron chi connectivity index (χ4n) is 12.7. The van der Waals surface area contributed by atoms with Crippen molar-refractivity contribution >= 4 is 5.97 Å². The van der Waals surface area contributed by atoms with Crippen molar-refractivity contribution in [1.82, 2.24) is 0 Å². The lowest BCUT2D eigenvalue weighted by atomic mass is 9.47. The van der Waals surface area contributed by atoms with Crippen LogP contribution in [0.2, 0.25) is 0 Å². The molecule has 0 aromatic heterocycles. The minimum Gasteiger partial charge on any atom is -0.463 e. The van der Waals surface area contributed by atoms with Gasteiger partial charge in [-0.3, -0.25) is 4.79 Å². The van der Waals surface area contributed by atoms with E-state index < -0.39 is 30.7 Å². The van der Waals surface area contributed by atoms with E-state index >= 15 is 0 Å². The van der Waals surface area contributed by atoms with Crippen molar-refractivity contribution < 1.29 is 34.3 Å². The summed E-state index contributed by atoms with van der Waals surface area (Å²) in [4.78, 5) is 12.6. The van der Waals surface area contributed by atoms with Gasteiger partial charge in [-0.25, -0.2) is 0 Å². The Morgan fingerprint density at radius 3 is 2.11 bits per heavy atom. The highest BCUT2D eigenvalue weighted by Gasteiger charge is 2.59. The number of ether oxygens (including phenoxy) is 3. The molecule has 4 aliphatic carbocycles. The number of carbonyl (C=O) groups is 1. The zero-order valence-electron chi connectivity index (χ0n) is 36.9. The van der Waals surface area contributed by atoms with Crippen molar-refractivity contribution in [3.63, 3.8) is 0 Å². The molecule has 0 aromatic rings. The highest BCUT2D eigenvalue weighted by atomic mass is 16.7. The Hall–Kier alpha value is -0.990. The smallest absolute Gasteiger partial charge is 0.305 e. The van der Waals surface area contributed by atoms with Gasteiger partial charge in [0.05, 0.1) is 6.10 Å². The number of carbonyl (C=O) groups excluding carboxylic acids is 1. The summed E-state index contributed by atoms with van der Waals surface area (Å²) in [6.45, 7) is 14.5. The lowest BCUT2D eigenvalue weighted by molar-refractivity contribution is -0.313. The second kappa shape index (κ2) is 22.0. The van der Waals surface area contributed by atoms with Crippen molar-refractivity contribution in [2.75, 3.05) is 6.61 Å². The van der Waals surface area contributed by atoms with Crippen molar-refractivity contribution in [3.05, 3.63) is 11.6 Å². The summed E-state index contributed by atoms with van der Waals surface area (Å²) in [6.07, 6.45) is 26.2. The lowest BCUT2D eigenvalue weighted by Gasteiger charge is -2.58. The Kier molecular flexibility index (Phi) is 18.1. The molecule has 0 radical (unpaired) electrons. The summed E-state index contributed by atoms with van der Waals surface area (Å²) >= 11 is 0. The van der Waals surface area contributed by atoms with Crippen LogP contribution in [0.5, 0.6) is 0 Å². The fraction of sp³-hybridized carbons (Fsp3) is 0.939. The second-order valence-corrected chi connectivity index (χ2v) is 20.5. The Balaban J connectivity index is 1.03. The molecule has 5 rings (SSSR count). The van der Waals surface area contributed by atoms with Gasteiger partial charge in [0.2, 0.25) is 0 Å². The van der Waals surface area contributed by atoms with E-state index in [9.17, 15) is 20.1 Å². The monoisotopic (exact) mass is 787 g/mol. The van der Waals surface area contributed by atoms with Gasteiger partial charge in [0.15, 0.2) is 6.29 Å². The minimum absolute atomic E-state index is 0.136. The SMILES string of the molecule is CCCCCCCCCCCCCCCC(=O)OC[C@H]1O[C@@H](OC2CC[C@@]3(C)C(=CCC4C5CCC([C@H](C)CCCC(C)C)[C@@]5(C)CCC43)C2)[C@H](O)[C@@H](O)[C@H]1O. The first-order chi connectivity index (χ1) is 26.9. The average molecular weight is 787 g/mol. The third-order valence-corrected chi connectivity index (χ3v) is 16.1. The van der Waals surface area contributed by atoms with Gasteiger partial charge in [0, 0.05) is 6.42 Å². The molecule has 1 heterocycles. The number of unbranched alkanes of at least 4 members (excludes halogenated alkanes) is 12. The van der Waals surface area contributed by atoms with E-state index in [1.165, 1.54) is 115 Å².